The van der Waals surface area contributed by atoms with Crippen molar-refractivity contribution in [3.05, 3.63) is 94.6 Å². The molecule has 0 N–H and O–H groups in total. The van der Waals surface area contributed by atoms with E-state index in [1.807, 2.05) is 13.8 Å². The fourth-order valence-corrected chi connectivity index (χ4v) is 5.46. The first-order valence-corrected chi connectivity index (χ1v) is 14.8. The van der Waals surface area contributed by atoms with Gasteiger partial charge in [0.1, 0.15) is 17.4 Å². The normalized spacial score (nSPS) is 12.4. The van der Waals surface area contributed by atoms with Crippen molar-refractivity contribution in [2.24, 2.45) is 0 Å². The first-order chi connectivity index (χ1) is 19.5. The van der Waals surface area contributed by atoms with Gasteiger partial charge in [0.05, 0.1) is 29.7 Å². The molecule has 0 aliphatic rings. The van der Waals surface area contributed by atoms with Crippen LogP contribution in [0.15, 0.2) is 65.6 Å². The van der Waals surface area contributed by atoms with Gasteiger partial charge in [0, 0.05) is 36.9 Å². The minimum atomic E-state index is -4.85. The van der Waals surface area contributed by atoms with Gasteiger partial charge in [-0.05, 0) is 48.4 Å². The van der Waals surface area contributed by atoms with Crippen LogP contribution in [0.2, 0.25) is 0 Å². The Morgan fingerprint density at radius 3 is 2.24 bits per heavy atom. The number of sulfone groups is 1. The number of alkyl halides is 3. The van der Waals surface area contributed by atoms with Crippen LogP contribution >= 0.6 is 0 Å². The van der Waals surface area contributed by atoms with E-state index in [2.05, 4.69) is 4.74 Å². The zero-order valence-corrected chi connectivity index (χ0v) is 24.4. The molecule has 0 heterocycles. The van der Waals surface area contributed by atoms with Gasteiger partial charge >= 0.3 is 12.1 Å². The Balaban J connectivity index is 1.80. The van der Waals surface area contributed by atoms with Gasteiger partial charge in [-0.15, -0.1) is 0 Å². The number of rotatable bonds is 12. The number of methoxy groups -OCH3 is 1. The molecule has 0 spiro atoms. The van der Waals surface area contributed by atoms with Crippen molar-refractivity contribution in [1.82, 2.24) is 4.90 Å². The summed E-state index contributed by atoms with van der Waals surface area (Å²) in [5.74, 6) is -2.38. The predicted molar refractivity (Wildman–Crippen MR) is 147 cm³/mol. The number of hydrogen-bond acceptors (Lipinski definition) is 6. The fourth-order valence-electron chi connectivity index (χ4n) is 4.58. The Hall–Kier alpha value is -3.51. The molecule has 0 amide bonds. The number of halogens is 5. The van der Waals surface area contributed by atoms with Crippen LogP contribution in [0.3, 0.4) is 0 Å². The van der Waals surface area contributed by atoms with E-state index in [0.29, 0.717) is 19.0 Å². The largest absolute Gasteiger partial charge is 0.494 e. The highest BCUT2D eigenvalue weighted by Crippen LogP contribution is 2.33. The summed E-state index contributed by atoms with van der Waals surface area (Å²) in [4.78, 5) is 13.5. The summed E-state index contributed by atoms with van der Waals surface area (Å²) in [6.07, 6.45) is -3.56. The predicted octanol–water partition coefficient (Wildman–Crippen LogP) is 6.42. The average molecular weight is 614 g/mol. The van der Waals surface area contributed by atoms with Gasteiger partial charge in [-0.1, -0.05) is 38.1 Å². The van der Waals surface area contributed by atoms with E-state index >= 15 is 0 Å². The van der Waals surface area contributed by atoms with Crippen LogP contribution in [0, 0.1) is 11.6 Å². The van der Waals surface area contributed by atoms with E-state index in [0.717, 1.165) is 25.0 Å². The minimum absolute atomic E-state index is 0.0827. The van der Waals surface area contributed by atoms with Crippen LogP contribution in [0.5, 0.6) is 5.75 Å². The van der Waals surface area contributed by atoms with Crippen LogP contribution < -0.4 is 4.74 Å². The number of nitrogens with zero attached hydrogens (tertiary/aromatic N) is 1. The van der Waals surface area contributed by atoms with Gasteiger partial charge in [-0.3, -0.25) is 4.90 Å². The lowest BCUT2D eigenvalue weighted by Gasteiger charge is -2.33. The summed E-state index contributed by atoms with van der Waals surface area (Å²) in [5.41, 5.74) is -1.41. The summed E-state index contributed by atoms with van der Waals surface area (Å²) >= 11 is 0. The highest BCUT2D eigenvalue weighted by atomic mass is 32.2. The van der Waals surface area contributed by atoms with E-state index in [4.69, 9.17) is 4.74 Å². The number of carbonyl (C=O) groups excluding carboxylic acids is 1. The van der Waals surface area contributed by atoms with Gasteiger partial charge in [-0.25, -0.2) is 22.0 Å². The molecule has 0 radical (unpaired) electrons. The van der Waals surface area contributed by atoms with Crippen molar-refractivity contribution in [2.75, 3.05) is 33.1 Å². The first-order valence-electron chi connectivity index (χ1n) is 12.9. The van der Waals surface area contributed by atoms with E-state index < -0.39 is 44.6 Å². The quantitative estimate of drug-likeness (QED) is 0.133. The van der Waals surface area contributed by atoms with Gasteiger partial charge in [-0.2, -0.15) is 13.2 Å². The zero-order chi connectivity index (χ0) is 31.3. The molecule has 0 aromatic heterocycles. The molecule has 228 valence electrons. The van der Waals surface area contributed by atoms with E-state index in [1.54, 1.807) is 17.0 Å². The highest BCUT2D eigenvalue weighted by molar-refractivity contribution is 7.90. The molecular weight excluding hydrogens is 581 g/mol. The lowest BCUT2D eigenvalue weighted by Crippen LogP contribution is -2.38. The van der Waals surface area contributed by atoms with Crippen molar-refractivity contribution in [3.63, 3.8) is 0 Å². The minimum Gasteiger partial charge on any atom is -0.494 e. The van der Waals surface area contributed by atoms with Gasteiger partial charge < -0.3 is 9.47 Å². The summed E-state index contributed by atoms with van der Waals surface area (Å²) in [5, 5.41) is 0. The Kier molecular flexibility index (Phi) is 10.4. The van der Waals surface area contributed by atoms with Crippen molar-refractivity contribution in [1.29, 1.82) is 0 Å². The van der Waals surface area contributed by atoms with Gasteiger partial charge in [0.15, 0.2) is 9.84 Å². The highest BCUT2D eigenvalue weighted by Gasteiger charge is 2.35. The summed E-state index contributed by atoms with van der Waals surface area (Å²) < 4.78 is 103. The molecule has 3 rings (SSSR count). The molecule has 0 atom stereocenters. The van der Waals surface area contributed by atoms with Crippen molar-refractivity contribution < 1.29 is 44.6 Å². The summed E-state index contributed by atoms with van der Waals surface area (Å²) in [6, 6.07) is 13.0. The molecule has 0 fully saturated rings. The maximum atomic E-state index is 14.9. The number of carbonyl (C=O) groups is 1. The molecule has 0 bridgehead atoms. The Morgan fingerprint density at radius 1 is 0.976 bits per heavy atom. The molecule has 3 aromatic carbocycles. The van der Waals surface area contributed by atoms with Crippen LogP contribution in [0.1, 0.15) is 47.3 Å². The van der Waals surface area contributed by atoms with Crippen LogP contribution in [0.25, 0.3) is 0 Å². The zero-order valence-electron chi connectivity index (χ0n) is 23.6. The molecule has 12 heteroatoms. The third-order valence-corrected chi connectivity index (χ3v) is 7.80. The third-order valence-electron chi connectivity index (χ3n) is 6.67. The molecule has 0 saturated carbocycles. The lowest BCUT2D eigenvalue weighted by molar-refractivity contribution is -0.140. The molecule has 0 unspecified atom stereocenters. The third kappa shape index (κ3) is 8.51. The maximum absolute atomic E-state index is 14.9. The summed E-state index contributed by atoms with van der Waals surface area (Å²) in [7, 11) is -2.65. The maximum Gasteiger partial charge on any atom is 0.419 e. The standard InChI is InChI=1S/C30H32F5NO5S/c1-29(2,21-9-11-22(31)12-10-21)19-36(18-20-7-5-8-25(27(20)32)30(33,34)35)15-6-16-41-23-13-14-24(28(37)40-3)26(17-23)42(4,38)39/h5,7-14,17H,6,15-16,18-19H2,1-4H3. The van der Waals surface area contributed by atoms with E-state index in [1.165, 1.54) is 36.4 Å². The monoisotopic (exact) mass is 613 g/mol. The molecule has 3 aromatic rings. The van der Waals surface area contributed by atoms with Crippen molar-refractivity contribution in [3.8, 4) is 5.75 Å². The van der Waals surface area contributed by atoms with E-state index in [-0.39, 0.29) is 41.5 Å². The van der Waals surface area contributed by atoms with Gasteiger partial charge in [0.25, 0.3) is 0 Å². The second kappa shape index (κ2) is 13.2. The fraction of sp³-hybridized carbons (Fsp3) is 0.367. The average Bonchev–Trinajstić information content (AvgIpc) is 2.90. The first kappa shape index (κ1) is 33.0. The number of esters is 1. The van der Waals surface area contributed by atoms with Crippen LogP contribution in [-0.2, 0) is 32.7 Å². The molecule has 6 nitrogen and oxygen atoms in total. The second-order valence-corrected chi connectivity index (χ2v) is 12.5. The topological polar surface area (TPSA) is 72.9 Å². The second-order valence-electron chi connectivity index (χ2n) is 10.5. The summed E-state index contributed by atoms with van der Waals surface area (Å²) in [6.45, 7) is 4.30. The molecule has 0 aliphatic heterocycles. The molecule has 0 saturated heterocycles. The smallest absolute Gasteiger partial charge is 0.419 e. The van der Waals surface area contributed by atoms with Crippen LogP contribution in [0.4, 0.5) is 22.0 Å². The Bertz CT molecular complexity index is 1510. The molecule has 0 aliphatic carbocycles. The number of ether oxygens (including phenoxy) is 2. The number of benzene rings is 3. The van der Waals surface area contributed by atoms with E-state index in [9.17, 15) is 35.2 Å². The van der Waals surface area contributed by atoms with Crippen molar-refractivity contribution >= 4 is 15.8 Å². The Labute approximate surface area is 242 Å². The number of hydrogen-bond donors (Lipinski definition) is 0. The molecule has 42 heavy (non-hydrogen) atoms. The Morgan fingerprint density at radius 2 is 1.64 bits per heavy atom. The van der Waals surface area contributed by atoms with Gasteiger partial charge in [0.2, 0.25) is 0 Å². The molecular formula is C30H32F5NO5S. The van der Waals surface area contributed by atoms with Crippen molar-refractivity contribution in [2.45, 2.75) is 43.3 Å². The SMILES string of the molecule is COC(=O)c1ccc(OCCCN(Cc2cccc(C(F)(F)F)c2F)CC(C)(C)c2ccc(F)cc2)cc1S(C)(=O)=O. The van der Waals surface area contributed by atoms with Crippen LogP contribution in [-0.4, -0.2) is 52.3 Å². The lowest BCUT2D eigenvalue weighted by atomic mass is 9.84.